The van der Waals surface area contributed by atoms with Gasteiger partial charge >= 0.3 is 0 Å². The van der Waals surface area contributed by atoms with Gasteiger partial charge in [-0.3, -0.25) is 0 Å². The predicted molar refractivity (Wildman–Crippen MR) is 122 cm³/mol. The predicted octanol–water partition coefficient (Wildman–Crippen LogP) is 7.93. The zero-order chi connectivity index (χ0) is 19.3. The van der Waals surface area contributed by atoms with Gasteiger partial charge in [-0.05, 0) is 124 Å². The molecule has 2 saturated carbocycles. The number of rotatable bonds is 6. The van der Waals surface area contributed by atoms with Crippen molar-refractivity contribution in [1.82, 2.24) is 0 Å². The molecule has 1 aromatic carbocycles. The number of fused-ring (bicyclic) bond motifs is 2. The fourth-order valence-electron chi connectivity index (χ4n) is 6.89. The highest BCUT2D eigenvalue weighted by atomic mass is 14.4. The summed E-state index contributed by atoms with van der Waals surface area (Å²) in [4.78, 5) is 0. The van der Waals surface area contributed by atoms with Crippen LogP contribution in [-0.4, -0.2) is 0 Å². The highest BCUT2D eigenvalue weighted by Crippen LogP contribution is 2.49. The zero-order valence-electron chi connectivity index (χ0n) is 18.5. The summed E-state index contributed by atoms with van der Waals surface area (Å²) in [5.41, 5.74) is 4.93. The summed E-state index contributed by atoms with van der Waals surface area (Å²) in [7, 11) is 0. The first-order valence-corrected chi connectivity index (χ1v) is 12.5. The molecule has 0 N–H and O–H groups in total. The van der Waals surface area contributed by atoms with Crippen LogP contribution in [0.4, 0.5) is 0 Å². The van der Waals surface area contributed by atoms with Crippen molar-refractivity contribution in [2.24, 2.45) is 29.6 Å². The van der Waals surface area contributed by atoms with Gasteiger partial charge in [0.05, 0.1) is 0 Å². The second-order valence-corrected chi connectivity index (χ2v) is 10.3. The van der Waals surface area contributed by atoms with Crippen LogP contribution in [0.1, 0.15) is 94.7 Å². The Morgan fingerprint density at radius 3 is 2.50 bits per heavy atom. The molecule has 0 aromatic heterocycles. The van der Waals surface area contributed by atoms with Crippen molar-refractivity contribution in [3.63, 3.8) is 0 Å². The lowest BCUT2D eigenvalue weighted by molar-refractivity contribution is 0.0699. The summed E-state index contributed by atoms with van der Waals surface area (Å²) in [6.45, 7) is 4.45. The minimum atomic E-state index is 0.970. The number of hydrogen-bond donors (Lipinski definition) is 0. The van der Waals surface area contributed by atoms with Crippen LogP contribution < -0.4 is 0 Å². The van der Waals surface area contributed by atoms with Gasteiger partial charge in [-0.25, -0.2) is 0 Å². The summed E-state index contributed by atoms with van der Waals surface area (Å²) < 4.78 is 0. The smallest absolute Gasteiger partial charge is 0.0245 e. The van der Waals surface area contributed by atoms with E-state index in [9.17, 15) is 0 Å². The molecule has 0 aliphatic heterocycles. The minimum absolute atomic E-state index is 0.970. The van der Waals surface area contributed by atoms with Crippen LogP contribution >= 0.6 is 0 Å². The molecule has 2 fully saturated rings. The molecule has 0 amide bonds. The lowest BCUT2D eigenvalue weighted by Gasteiger charge is -2.45. The van der Waals surface area contributed by atoms with E-state index in [1.807, 2.05) is 0 Å². The van der Waals surface area contributed by atoms with E-state index in [1.165, 1.54) is 70.6 Å². The second-order valence-electron chi connectivity index (χ2n) is 10.3. The van der Waals surface area contributed by atoms with Gasteiger partial charge in [0.2, 0.25) is 0 Å². The van der Waals surface area contributed by atoms with Crippen molar-refractivity contribution in [3.05, 3.63) is 47.0 Å². The van der Waals surface area contributed by atoms with E-state index in [2.05, 4.69) is 44.2 Å². The van der Waals surface area contributed by atoms with E-state index in [4.69, 9.17) is 0 Å². The Bertz CT molecular complexity index is 654. The standard InChI is InChI=1S/C28H42/c1-3-5-6-8-22-10-12-26-20-28(16-14-24(26)18-22)27-15-13-23-17-21(7-4-2)9-11-25(23)19-27/h3,5,9,11,17,22,24,26-28H,4,6-8,10,12-16,18-20H2,1-2H3/b5-3+. The summed E-state index contributed by atoms with van der Waals surface area (Å²) >= 11 is 0. The number of aryl methyl sites for hydroxylation is 2. The molecule has 0 radical (unpaired) electrons. The van der Waals surface area contributed by atoms with Crippen LogP contribution in [0, 0.1) is 29.6 Å². The van der Waals surface area contributed by atoms with Crippen molar-refractivity contribution >= 4 is 0 Å². The monoisotopic (exact) mass is 378 g/mol. The maximum Gasteiger partial charge on any atom is -0.0245 e. The van der Waals surface area contributed by atoms with Crippen LogP contribution in [-0.2, 0) is 19.3 Å². The van der Waals surface area contributed by atoms with Gasteiger partial charge in [0.25, 0.3) is 0 Å². The molecule has 0 spiro atoms. The van der Waals surface area contributed by atoms with Gasteiger partial charge < -0.3 is 0 Å². The fraction of sp³-hybridized carbons (Fsp3) is 0.714. The molecule has 5 unspecified atom stereocenters. The SMILES string of the molecule is C/C=C/CCC1CCC2CC(C3CCc4cc(CCC)ccc4C3)CCC2C1. The van der Waals surface area contributed by atoms with E-state index < -0.39 is 0 Å². The molecule has 0 heteroatoms. The zero-order valence-corrected chi connectivity index (χ0v) is 18.5. The van der Waals surface area contributed by atoms with Gasteiger partial charge in [-0.15, -0.1) is 0 Å². The number of hydrogen-bond acceptors (Lipinski definition) is 0. The quantitative estimate of drug-likeness (QED) is 0.441. The Labute approximate surface area is 174 Å². The topological polar surface area (TPSA) is 0 Å². The van der Waals surface area contributed by atoms with Gasteiger partial charge in [0.15, 0.2) is 0 Å². The molecule has 0 nitrogen and oxygen atoms in total. The molecule has 3 aliphatic carbocycles. The molecule has 4 rings (SSSR count). The third-order valence-corrected chi connectivity index (χ3v) is 8.48. The van der Waals surface area contributed by atoms with Crippen molar-refractivity contribution < 1.29 is 0 Å². The van der Waals surface area contributed by atoms with Crippen LogP contribution in [0.25, 0.3) is 0 Å². The third-order valence-electron chi connectivity index (χ3n) is 8.48. The molecule has 154 valence electrons. The summed E-state index contributed by atoms with van der Waals surface area (Å²) in [6, 6.07) is 7.42. The summed E-state index contributed by atoms with van der Waals surface area (Å²) in [6.07, 6.45) is 23.2. The lowest BCUT2D eigenvalue weighted by Crippen LogP contribution is -2.35. The molecule has 1 aromatic rings. The second kappa shape index (κ2) is 9.64. The van der Waals surface area contributed by atoms with Gasteiger partial charge in [-0.1, -0.05) is 50.1 Å². The molecule has 0 bridgehead atoms. The number of allylic oxidation sites excluding steroid dienone is 2. The first-order valence-electron chi connectivity index (χ1n) is 12.5. The van der Waals surface area contributed by atoms with E-state index >= 15 is 0 Å². The van der Waals surface area contributed by atoms with Gasteiger partial charge in [-0.2, -0.15) is 0 Å². The summed E-state index contributed by atoms with van der Waals surface area (Å²) in [5.74, 6) is 5.13. The van der Waals surface area contributed by atoms with Crippen molar-refractivity contribution in [2.75, 3.05) is 0 Å². The van der Waals surface area contributed by atoms with Gasteiger partial charge in [0, 0.05) is 0 Å². The fourth-order valence-corrected chi connectivity index (χ4v) is 6.89. The van der Waals surface area contributed by atoms with Crippen LogP contribution in [0.2, 0.25) is 0 Å². The molecule has 3 aliphatic rings. The van der Waals surface area contributed by atoms with E-state index in [1.54, 1.807) is 29.5 Å². The Morgan fingerprint density at radius 1 is 0.893 bits per heavy atom. The highest BCUT2D eigenvalue weighted by Gasteiger charge is 2.38. The molecule has 5 atom stereocenters. The Balaban J connectivity index is 1.30. The molecule has 28 heavy (non-hydrogen) atoms. The third kappa shape index (κ3) is 4.74. The first-order chi connectivity index (χ1) is 13.8. The Morgan fingerprint density at radius 2 is 1.68 bits per heavy atom. The van der Waals surface area contributed by atoms with Crippen LogP contribution in [0.15, 0.2) is 30.4 Å². The maximum absolute atomic E-state index is 2.53. The first kappa shape index (κ1) is 20.2. The van der Waals surface area contributed by atoms with E-state index in [0.717, 1.165) is 29.6 Å². The average molecular weight is 379 g/mol. The average Bonchev–Trinajstić information content (AvgIpc) is 2.73. The Kier molecular flexibility index (Phi) is 6.97. The maximum atomic E-state index is 2.53. The van der Waals surface area contributed by atoms with Crippen LogP contribution in [0.3, 0.4) is 0 Å². The largest absolute Gasteiger partial charge is 0.0917 e. The molecular formula is C28H42. The van der Waals surface area contributed by atoms with E-state index in [-0.39, 0.29) is 0 Å². The lowest BCUT2D eigenvalue weighted by atomic mass is 9.61. The molecule has 0 heterocycles. The summed E-state index contributed by atoms with van der Waals surface area (Å²) in [5, 5.41) is 0. The van der Waals surface area contributed by atoms with Gasteiger partial charge in [0.1, 0.15) is 0 Å². The van der Waals surface area contributed by atoms with Crippen molar-refractivity contribution in [2.45, 2.75) is 97.3 Å². The number of benzene rings is 1. The Hall–Kier alpha value is -1.04. The minimum Gasteiger partial charge on any atom is -0.0917 e. The highest BCUT2D eigenvalue weighted by molar-refractivity contribution is 5.34. The normalized spacial score (nSPS) is 32.9. The molecular weight excluding hydrogens is 336 g/mol. The molecule has 0 saturated heterocycles. The van der Waals surface area contributed by atoms with Crippen LogP contribution in [0.5, 0.6) is 0 Å². The van der Waals surface area contributed by atoms with E-state index in [0.29, 0.717) is 0 Å². The van der Waals surface area contributed by atoms with Crippen molar-refractivity contribution in [3.8, 4) is 0 Å². The van der Waals surface area contributed by atoms with Crippen molar-refractivity contribution in [1.29, 1.82) is 0 Å².